The first-order valence-corrected chi connectivity index (χ1v) is 8.04. The Balaban J connectivity index is 0.00000161. The van der Waals surface area contributed by atoms with Crippen LogP contribution in [-0.2, 0) is 6.42 Å². The molecule has 2 aromatic rings. The molecule has 1 N–H and O–H groups in total. The fourth-order valence-electron chi connectivity index (χ4n) is 3.52. The molecule has 0 amide bonds. The number of piperidine rings is 1. The van der Waals surface area contributed by atoms with Gasteiger partial charge in [-0.1, -0.05) is 18.0 Å². The first-order valence-electron chi connectivity index (χ1n) is 7.66. The zero-order valence-corrected chi connectivity index (χ0v) is 14.3. The summed E-state index contributed by atoms with van der Waals surface area (Å²) in [4.78, 5) is 6.01. The van der Waals surface area contributed by atoms with E-state index in [1.54, 1.807) is 0 Å². The maximum Gasteiger partial charge on any atom is 0.0457 e. The SMILES string of the molecule is C[C@@H]1CCC[C@H](C)N1CCc1c[nH]c2ccc(Cl)cc12.Cl. The molecule has 2 heterocycles. The fourth-order valence-corrected chi connectivity index (χ4v) is 3.69. The predicted octanol–water partition coefficient (Wildman–Crippen LogP) is 5.05. The summed E-state index contributed by atoms with van der Waals surface area (Å²) in [6.45, 7) is 5.87. The van der Waals surface area contributed by atoms with Crippen molar-refractivity contribution in [2.24, 2.45) is 0 Å². The summed E-state index contributed by atoms with van der Waals surface area (Å²) in [5.41, 5.74) is 2.57. The molecule has 2 nitrogen and oxygen atoms in total. The van der Waals surface area contributed by atoms with Crippen LogP contribution in [0.4, 0.5) is 0 Å². The highest BCUT2D eigenvalue weighted by Crippen LogP contribution is 2.25. The Morgan fingerprint density at radius 2 is 1.95 bits per heavy atom. The van der Waals surface area contributed by atoms with E-state index in [1.807, 2.05) is 6.07 Å². The van der Waals surface area contributed by atoms with E-state index in [4.69, 9.17) is 11.6 Å². The topological polar surface area (TPSA) is 19.0 Å². The van der Waals surface area contributed by atoms with E-state index in [2.05, 4.69) is 42.1 Å². The second-order valence-electron chi connectivity index (χ2n) is 6.12. The van der Waals surface area contributed by atoms with E-state index in [0.717, 1.165) is 18.0 Å². The lowest BCUT2D eigenvalue weighted by Crippen LogP contribution is -2.44. The van der Waals surface area contributed by atoms with Gasteiger partial charge in [0.15, 0.2) is 0 Å². The molecule has 2 atom stereocenters. The number of likely N-dealkylation sites (tertiary alicyclic amines) is 1. The number of benzene rings is 1. The van der Waals surface area contributed by atoms with E-state index < -0.39 is 0 Å². The third-order valence-corrected chi connectivity index (χ3v) is 4.98. The third kappa shape index (κ3) is 3.56. The highest BCUT2D eigenvalue weighted by atomic mass is 35.5. The van der Waals surface area contributed by atoms with Gasteiger partial charge in [-0.25, -0.2) is 0 Å². The minimum absolute atomic E-state index is 0. The summed E-state index contributed by atoms with van der Waals surface area (Å²) >= 11 is 6.12. The van der Waals surface area contributed by atoms with Crippen molar-refractivity contribution in [3.63, 3.8) is 0 Å². The maximum atomic E-state index is 6.12. The molecular formula is C17H24Cl2N2. The molecule has 0 unspecified atom stereocenters. The number of nitrogens with zero attached hydrogens (tertiary/aromatic N) is 1. The molecule has 3 rings (SSSR count). The molecule has 0 radical (unpaired) electrons. The Bertz CT molecular complexity index is 583. The molecule has 0 spiro atoms. The summed E-state index contributed by atoms with van der Waals surface area (Å²) in [6, 6.07) is 7.51. The Morgan fingerprint density at radius 3 is 2.67 bits per heavy atom. The average molecular weight is 327 g/mol. The van der Waals surface area contributed by atoms with E-state index in [1.165, 1.54) is 35.7 Å². The van der Waals surface area contributed by atoms with E-state index in [0.29, 0.717) is 12.1 Å². The standard InChI is InChI=1S/C17H23ClN2.ClH/c1-12-4-3-5-13(2)20(12)9-8-14-11-19-17-7-6-15(18)10-16(14)17;/h6-7,10-13,19H,3-5,8-9H2,1-2H3;1H/t12-,13+;. The van der Waals surface area contributed by atoms with Crippen molar-refractivity contribution >= 4 is 34.9 Å². The number of aromatic amines is 1. The van der Waals surface area contributed by atoms with E-state index in [9.17, 15) is 0 Å². The predicted molar refractivity (Wildman–Crippen MR) is 93.7 cm³/mol. The van der Waals surface area contributed by atoms with Crippen LogP contribution in [-0.4, -0.2) is 28.5 Å². The molecule has 1 aromatic carbocycles. The first-order chi connectivity index (χ1) is 9.65. The molecule has 4 heteroatoms. The molecule has 0 bridgehead atoms. The second kappa shape index (κ2) is 7.04. The molecule has 21 heavy (non-hydrogen) atoms. The average Bonchev–Trinajstić information content (AvgIpc) is 2.81. The van der Waals surface area contributed by atoms with E-state index in [-0.39, 0.29) is 12.4 Å². The van der Waals surface area contributed by atoms with Gasteiger partial charge in [-0.2, -0.15) is 0 Å². The number of nitrogens with one attached hydrogen (secondary N) is 1. The van der Waals surface area contributed by atoms with Crippen LogP contribution in [0.15, 0.2) is 24.4 Å². The number of hydrogen-bond donors (Lipinski definition) is 1. The number of fused-ring (bicyclic) bond motifs is 1. The van der Waals surface area contributed by atoms with Gasteiger partial charge in [0.25, 0.3) is 0 Å². The maximum absolute atomic E-state index is 6.12. The largest absolute Gasteiger partial charge is 0.361 e. The van der Waals surface area contributed by atoms with Crippen LogP contribution < -0.4 is 0 Å². The monoisotopic (exact) mass is 326 g/mol. The summed E-state index contributed by atoms with van der Waals surface area (Å²) in [5, 5.41) is 2.09. The van der Waals surface area contributed by atoms with Crippen molar-refractivity contribution in [3.05, 3.63) is 35.0 Å². The minimum atomic E-state index is 0. The summed E-state index contributed by atoms with van der Waals surface area (Å²) < 4.78 is 0. The lowest BCUT2D eigenvalue weighted by molar-refractivity contribution is 0.105. The quantitative estimate of drug-likeness (QED) is 0.836. The lowest BCUT2D eigenvalue weighted by Gasteiger charge is -2.39. The van der Waals surface area contributed by atoms with Gasteiger partial charge in [0.2, 0.25) is 0 Å². The molecular weight excluding hydrogens is 303 g/mol. The molecule has 0 saturated carbocycles. The van der Waals surface area contributed by atoms with Crippen molar-refractivity contribution < 1.29 is 0 Å². The van der Waals surface area contributed by atoms with Crippen LogP contribution in [0.25, 0.3) is 10.9 Å². The van der Waals surface area contributed by atoms with Crippen LogP contribution in [0.3, 0.4) is 0 Å². The Kier molecular flexibility index (Phi) is 5.59. The highest BCUT2D eigenvalue weighted by Gasteiger charge is 2.24. The smallest absolute Gasteiger partial charge is 0.0457 e. The molecule has 1 aromatic heterocycles. The summed E-state index contributed by atoms with van der Waals surface area (Å²) in [6.07, 6.45) is 7.28. The zero-order chi connectivity index (χ0) is 14.1. The highest BCUT2D eigenvalue weighted by molar-refractivity contribution is 6.31. The van der Waals surface area contributed by atoms with Gasteiger partial charge in [0.1, 0.15) is 0 Å². The molecule has 116 valence electrons. The number of hydrogen-bond acceptors (Lipinski definition) is 1. The van der Waals surface area contributed by atoms with Crippen LogP contribution in [0.2, 0.25) is 5.02 Å². The fraction of sp³-hybridized carbons (Fsp3) is 0.529. The molecule has 1 aliphatic rings. The van der Waals surface area contributed by atoms with Crippen LogP contribution in [0.1, 0.15) is 38.7 Å². The number of H-pyrrole nitrogens is 1. The first kappa shape index (κ1) is 16.7. The van der Waals surface area contributed by atoms with Crippen molar-refractivity contribution in [3.8, 4) is 0 Å². The number of rotatable bonds is 3. The molecule has 1 saturated heterocycles. The van der Waals surface area contributed by atoms with Crippen LogP contribution in [0, 0.1) is 0 Å². The second-order valence-corrected chi connectivity index (χ2v) is 6.56. The van der Waals surface area contributed by atoms with Gasteiger partial charge in [-0.15, -0.1) is 12.4 Å². The summed E-state index contributed by atoms with van der Waals surface area (Å²) in [5.74, 6) is 0. The van der Waals surface area contributed by atoms with Crippen molar-refractivity contribution in [1.29, 1.82) is 0 Å². The van der Waals surface area contributed by atoms with E-state index >= 15 is 0 Å². The van der Waals surface area contributed by atoms with Gasteiger partial charge in [-0.05, 0) is 56.9 Å². The lowest BCUT2D eigenvalue weighted by atomic mass is 9.97. The van der Waals surface area contributed by atoms with Crippen molar-refractivity contribution in [2.75, 3.05) is 6.54 Å². The number of halogens is 2. The van der Waals surface area contributed by atoms with Gasteiger partial charge in [0.05, 0.1) is 0 Å². The Hall–Kier alpha value is -0.700. The van der Waals surface area contributed by atoms with Gasteiger partial charge in [-0.3, -0.25) is 4.90 Å². The number of aromatic nitrogens is 1. The molecule has 1 aliphatic heterocycles. The third-order valence-electron chi connectivity index (χ3n) is 4.74. The van der Waals surface area contributed by atoms with Crippen molar-refractivity contribution in [2.45, 2.75) is 51.6 Å². The normalized spacial score (nSPS) is 23.2. The van der Waals surface area contributed by atoms with Gasteiger partial charge >= 0.3 is 0 Å². The minimum Gasteiger partial charge on any atom is -0.361 e. The molecule has 0 aliphatic carbocycles. The van der Waals surface area contributed by atoms with Crippen LogP contribution >= 0.6 is 24.0 Å². The van der Waals surface area contributed by atoms with Gasteiger partial charge < -0.3 is 4.98 Å². The zero-order valence-electron chi connectivity index (χ0n) is 12.7. The van der Waals surface area contributed by atoms with Crippen LogP contribution in [0.5, 0.6) is 0 Å². The Labute approximate surface area is 138 Å². The summed E-state index contributed by atoms with van der Waals surface area (Å²) in [7, 11) is 0. The Morgan fingerprint density at radius 1 is 1.24 bits per heavy atom. The van der Waals surface area contributed by atoms with Crippen molar-refractivity contribution in [1.82, 2.24) is 9.88 Å². The molecule has 1 fully saturated rings. The van der Waals surface area contributed by atoms with Gasteiger partial charge in [0, 0.05) is 40.8 Å².